The van der Waals surface area contributed by atoms with E-state index >= 15 is 0 Å². The molecule has 2 rings (SSSR count). The lowest BCUT2D eigenvalue weighted by atomic mass is 9.91. The number of likely N-dealkylation sites (tertiary alicyclic amines) is 1. The van der Waals surface area contributed by atoms with Crippen molar-refractivity contribution in [2.75, 3.05) is 19.8 Å². The van der Waals surface area contributed by atoms with Gasteiger partial charge >= 0.3 is 0 Å². The van der Waals surface area contributed by atoms with Crippen LogP contribution in [0.25, 0.3) is 0 Å². The van der Waals surface area contributed by atoms with Crippen molar-refractivity contribution in [2.24, 2.45) is 0 Å². The first kappa shape index (κ1) is 13.5. The minimum atomic E-state index is -0.341. The maximum Gasteiger partial charge on any atom is 0.246 e. The number of imide groups is 1. The van der Waals surface area contributed by atoms with Crippen molar-refractivity contribution in [2.45, 2.75) is 51.1 Å². The Hall–Kier alpha value is -0.940. The van der Waals surface area contributed by atoms with Crippen LogP contribution in [0.2, 0.25) is 0 Å². The molecule has 0 aromatic heterocycles. The Morgan fingerprint density at radius 2 is 2.06 bits per heavy atom. The average Bonchev–Trinajstić information content (AvgIpc) is 2.58. The molecule has 2 saturated heterocycles. The van der Waals surface area contributed by atoms with Gasteiger partial charge < -0.3 is 4.74 Å². The smallest absolute Gasteiger partial charge is 0.246 e. The molecular weight excluding hydrogens is 232 g/mol. The third-order valence-electron chi connectivity index (χ3n) is 3.81. The van der Waals surface area contributed by atoms with Crippen molar-refractivity contribution in [3.8, 4) is 0 Å². The molecule has 0 radical (unpaired) electrons. The molecule has 0 aromatic rings. The number of ether oxygens (including phenoxy) is 1. The van der Waals surface area contributed by atoms with Crippen LogP contribution in [0.15, 0.2) is 0 Å². The highest BCUT2D eigenvalue weighted by molar-refractivity contribution is 6.05. The molecule has 1 atom stereocenters. The molecule has 2 aliphatic rings. The summed E-state index contributed by atoms with van der Waals surface area (Å²) in [5.74, 6) is -0.107. The minimum Gasteiger partial charge on any atom is -0.381 e. The predicted molar refractivity (Wildman–Crippen MR) is 67.0 cm³/mol. The fraction of sp³-hybridized carbons (Fsp3) is 0.846. The highest BCUT2D eigenvalue weighted by atomic mass is 16.5. The number of nitrogens with zero attached hydrogens (tertiary/aromatic N) is 1. The zero-order chi connectivity index (χ0) is 13.2. The number of hydrogen-bond donors (Lipinski definition) is 1. The molecule has 18 heavy (non-hydrogen) atoms. The van der Waals surface area contributed by atoms with Gasteiger partial charge in [0.1, 0.15) is 0 Å². The fourth-order valence-corrected chi connectivity index (χ4v) is 2.64. The van der Waals surface area contributed by atoms with E-state index in [2.05, 4.69) is 12.2 Å². The Bertz CT molecular complexity index is 337. The zero-order valence-corrected chi connectivity index (χ0v) is 11.2. The van der Waals surface area contributed by atoms with Gasteiger partial charge in [0.15, 0.2) is 0 Å². The Kier molecular flexibility index (Phi) is 4.02. The van der Waals surface area contributed by atoms with Crippen molar-refractivity contribution in [3.63, 3.8) is 0 Å². The van der Waals surface area contributed by atoms with Gasteiger partial charge in [-0.3, -0.25) is 19.8 Å². The van der Waals surface area contributed by atoms with Crippen molar-refractivity contribution in [1.29, 1.82) is 0 Å². The van der Waals surface area contributed by atoms with E-state index in [4.69, 9.17) is 4.74 Å². The number of amides is 2. The zero-order valence-electron chi connectivity index (χ0n) is 11.2. The Labute approximate surface area is 108 Å². The van der Waals surface area contributed by atoms with E-state index in [1.807, 2.05) is 6.92 Å². The second kappa shape index (κ2) is 5.36. The quantitative estimate of drug-likeness (QED) is 0.750. The van der Waals surface area contributed by atoms with Gasteiger partial charge in [0, 0.05) is 25.3 Å². The molecule has 2 heterocycles. The molecule has 1 unspecified atom stereocenters. The second-order valence-electron chi connectivity index (χ2n) is 5.46. The molecule has 5 nitrogen and oxygen atoms in total. The van der Waals surface area contributed by atoms with Crippen LogP contribution in [0.4, 0.5) is 0 Å². The molecule has 2 amide bonds. The summed E-state index contributed by atoms with van der Waals surface area (Å²) in [6.45, 7) is 6.06. The summed E-state index contributed by atoms with van der Waals surface area (Å²) in [5.41, 5.74) is -0.0823. The number of carbonyl (C=O) groups excluding carboxylic acids is 2. The predicted octanol–water partition coefficient (Wildman–Crippen LogP) is 0.683. The van der Waals surface area contributed by atoms with Gasteiger partial charge in [-0.05, 0) is 26.2 Å². The van der Waals surface area contributed by atoms with Gasteiger partial charge in [-0.2, -0.15) is 0 Å². The van der Waals surface area contributed by atoms with Crippen LogP contribution >= 0.6 is 0 Å². The third kappa shape index (κ3) is 2.72. The first-order valence-corrected chi connectivity index (χ1v) is 6.75. The summed E-state index contributed by atoms with van der Waals surface area (Å²) >= 11 is 0. The van der Waals surface area contributed by atoms with Crippen molar-refractivity contribution >= 4 is 11.8 Å². The lowest BCUT2D eigenvalue weighted by molar-refractivity contribution is -0.139. The Morgan fingerprint density at radius 3 is 2.67 bits per heavy atom. The van der Waals surface area contributed by atoms with Gasteiger partial charge in [-0.1, -0.05) is 6.92 Å². The molecule has 2 aliphatic heterocycles. The van der Waals surface area contributed by atoms with Crippen molar-refractivity contribution in [3.05, 3.63) is 0 Å². The topological polar surface area (TPSA) is 58.6 Å². The van der Waals surface area contributed by atoms with E-state index < -0.39 is 0 Å². The molecular formula is C13H22N2O3. The van der Waals surface area contributed by atoms with Crippen LogP contribution in [0.3, 0.4) is 0 Å². The van der Waals surface area contributed by atoms with Gasteiger partial charge in [0.2, 0.25) is 11.8 Å². The summed E-state index contributed by atoms with van der Waals surface area (Å²) < 4.78 is 5.33. The average molecular weight is 254 g/mol. The maximum atomic E-state index is 12.1. The molecule has 5 heteroatoms. The number of hydrogen-bond acceptors (Lipinski definition) is 4. The minimum absolute atomic E-state index is 0.0463. The molecule has 0 aromatic carbocycles. The molecule has 102 valence electrons. The second-order valence-corrected chi connectivity index (χ2v) is 5.46. The summed E-state index contributed by atoms with van der Waals surface area (Å²) in [7, 11) is 0. The molecule has 0 spiro atoms. The lowest BCUT2D eigenvalue weighted by Gasteiger charge is -2.36. The van der Waals surface area contributed by atoms with Crippen LogP contribution in [-0.2, 0) is 14.3 Å². The Morgan fingerprint density at radius 1 is 1.39 bits per heavy atom. The van der Waals surface area contributed by atoms with E-state index in [-0.39, 0.29) is 23.4 Å². The maximum absolute atomic E-state index is 12.1. The normalized spacial score (nSPS) is 27.9. The summed E-state index contributed by atoms with van der Waals surface area (Å²) in [6, 6.07) is -0.341. The molecule has 1 N–H and O–H groups in total. The Balaban J connectivity index is 1.98. The van der Waals surface area contributed by atoms with Gasteiger partial charge in [-0.25, -0.2) is 0 Å². The fourth-order valence-electron chi connectivity index (χ4n) is 2.64. The van der Waals surface area contributed by atoms with E-state index in [1.54, 1.807) is 0 Å². The molecule has 0 bridgehead atoms. The van der Waals surface area contributed by atoms with E-state index in [0.717, 1.165) is 32.5 Å². The highest BCUT2D eigenvalue weighted by Gasteiger charge is 2.41. The van der Waals surface area contributed by atoms with Crippen LogP contribution in [0, 0.1) is 0 Å². The SMILES string of the molecule is CCCN1C(=O)CC(NC2(C)CCOCC2)C1=O. The monoisotopic (exact) mass is 254 g/mol. The number of rotatable bonds is 4. The van der Waals surface area contributed by atoms with Crippen LogP contribution in [0.1, 0.15) is 39.5 Å². The van der Waals surface area contributed by atoms with Crippen LogP contribution in [-0.4, -0.2) is 48.1 Å². The molecule has 0 saturated carbocycles. The summed E-state index contributed by atoms with van der Waals surface area (Å²) in [4.78, 5) is 25.3. The highest BCUT2D eigenvalue weighted by Crippen LogP contribution is 2.23. The molecule has 0 aliphatic carbocycles. The van der Waals surface area contributed by atoms with Gasteiger partial charge in [-0.15, -0.1) is 0 Å². The number of nitrogens with one attached hydrogen (secondary N) is 1. The van der Waals surface area contributed by atoms with Gasteiger partial charge in [0.25, 0.3) is 0 Å². The van der Waals surface area contributed by atoms with Crippen LogP contribution < -0.4 is 5.32 Å². The van der Waals surface area contributed by atoms with E-state index in [0.29, 0.717) is 13.0 Å². The summed E-state index contributed by atoms with van der Waals surface area (Å²) in [6.07, 6.45) is 2.89. The van der Waals surface area contributed by atoms with Gasteiger partial charge in [0.05, 0.1) is 12.5 Å². The first-order chi connectivity index (χ1) is 8.56. The van der Waals surface area contributed by atoms with Crippen molar-refractivity contribution < 1.29 is 14.3 Å². The van der Waals surface area contributed by atoms with E-state index in [1.165, 1.54) is 4.90 Å². The van der Waals surface area contributed by atoms with Crippen LogP contribution in [0.5, 0.6) is 0 Å². The largest absolute Gasteiger partial charge is 0.381 e. The molecule has 2 fully saturated rings. The summed E-state index contributed by atoms with van der Waals surface area (Å²) in [5, 5.41) is 3.37. The standard InChI is InChI=1S/C13H22N2O3/c1-3-6-15-11(16)9-10(12(15)17)14-13(2)4-7-18-8-5-13/h10,14H,3-9H2,1-2H3. The van der Waals surface area contributed by atoms with Crippen molar-refractivity contribution in [1.82, 2.24) is 10.2 Å². The first-order valence-electron chi connectivity index (χ1n) is 6.75. The third-order valence-corrected chi connectivity index (χ3v) is 3.81. The number of carbonyl (C=O) groups is 2. The lowest BCUT2D eigenvalue weighted by Crippen LogP contribution is -2.53. The van der Waals surface area contributed by atoms with E-state index in [9.17, 15) is 9.59 Å².